The number of likely N-dealkylation sites (N-methyl/N-ethyl adjacent to an activating group) is 1. The lowest BCUT2D eigenvalue weighted by atomic mass is 10.1. The Hall–Kier alpha value is -2.82. The third kappa shape index (κ3) is 3.40. The number of benzene rings is 2. The summed E-state index contributed by atoms with van der Waals surface area (Å²) in [5, 5.41) is 2.92. The van der Waals surface area contributed by atoms with Crippen LogP contribution in [0.3, 0.4) is 0 Å². The Morgan fingerprint density at radius 2 is 1.88 bits per heavy atom. The average Bonchev–Trinajstić information content (AvgIpc) is 2.87. The molecule has 5 heteroatoms. The minimum absolute atomic E-state index is 0.0335. The molecule has 0 saturated carbocycles. The summed E-state index contributed by atoms with van der Waals surface area (Å²) < 4.78 is 5.10. The van der Waals surface area contributed by atoms with Crippen molar-refractivity contribution in [1.82, 2.24) is 5.32 Å². The fourth-order valence-electron chi connectivity index (χ4n) is 2.83. The number of nitrogens with zero attached hydrogens (tertiary/aromatic N) is 1. The maximum atomic E-state index is 12.1. The van der Waals surface area contributed by atoms with Crippen LogP contribution in [-0.4, -0.2) is 26.0 Å². The molecule has 1 heterocycles. The van der Waals surface area contributed by atoms with E-state index in [4.69, 9.17) is 4.74 Å². The monoisotopic (exact) mass is 324 g/mol. The zero-order chi connectivity index (χ0) is 17.1. The molecular formula is C19H20N2O3. The van der Waals surface area contributed by atoms with E-state index in [-0.39, 0.29) is 11.8 Å². The maximum absolute atomic E-state index is 12.1. The van der Waals surface area contributed by atoms with Crippen LogP contribution in [0.5, 0.6) is 5.75 Å². The van der Waals surface area contributed by atoms with Gasteiger partial charge in [-0.1, -0.05) is 24.3 Å². The van der Waals surface area contributed by atoms with Crippen molar-refractivity contribution in [3.8, 4) is 5.75 Å². The van der Waals surface area contributed by atoms with Crippen LogP contribution in [0.25, 0.3) is 0 Å². The van der Waals surface area contributed by atoms with Crippen molar-refractivity contribution in [1.29, 1.82) is 0 Å². The lowest BCUT2D eigenvalue weighted by Gasteiger charge is -2.11. The van der Waals surface area contributed by atoms with E-state index in [9.17, 15) is 9.59 Å². The second kappa shape index (κ2) is 6.74. The first-order valence-electron chi connectivity index (χ1n) is 7.85. The number of anilines is 1. The molecule has 0 unspecified atom stereocenters. The minimum Gasteiger partial charge on any atom is -0.497 e. The van der Waals surface area contributed by atoms with Crippen LogP contribution >= 0.6 is 0 Å². The van der Waals surface area contributed by atoms with Gasteiger partial charge in [0.2, 0.25) is 11.8 Å². The summed E-state index contributed by atoms with van der Waals surface area (Å²) in [4.78, 5) is 25.4. The number of ether oxygens (including phenoxy) is 1. The molecule has 0 bridgehead atoms. The molecule has 2 amide bonds. The molecular weight excluding hydrogens is 304 g/mol. The third-order valence-electron chi connectivity index (χ3n) is 4.23. The van der Waals surface area contributed by atoms with Crippen molar-refractivity contribution in [2.24, 2.45) is 0 Å². The Bertz CT molecular complexity index is 769. The molecule has 0 fully saturated rings. The highest BCUT2D eigenvalue weighted by molar-refractivity contribution is 6.00. The third-order valence-corrected chi connectivity index (χ3v) is 4.23. The van der Waals surface area contributed by atoms with Crippen molar-refractivity contribution in [3.63, 3.8) is 0 Å². The molecule has 0 aliphatic carbocycles. The molecule has 24 heavy (non-hydrogen) atoms. The molecule has 1 aliphatic heterocycles. The second-order valence-corrected chi connectivity index (χ2v) is 5.89. The van der Waals surface area contributed by atoms with E-state index >= 15 is 0 Å². The van der Waals surface area contributed by atoms with E-state index in [1.54, 1.807) is 19.1 Å². The van der Waals surface area contributed by atoms with Crippen LogP contribution < -0.4 is 15.0 Å². The SMILES string of the molecule is COc1ccc(CC(=O)NCc2ccc3c(c2)CC(=O)N3C)cc1. The van der Waals surface area contributed by atoms with Gasteiger partial charge in [-0.25, -0.2) is 0 Å². The Labute approximate surface area is 141 Å². The van der Waals surface area contributed by atoms with Crippen molar-refractivity contribution >= 4 is 17.5 Å². The number of nitrogens with one attached hydrogen (secondary N) is 1. The van der Waals surface area contributed by atoms with Gasteiger partial charge in [-0.2, -0.15) is 0 Å². The fourth-order valence-corrected chi connectivity index (χ4v) is 2.83. The molecule has 5 nitrogen and oxygen atoms in total. The topological polar surface area (TPSA) is 58.6 Å². The van der Waals surface area contributed by atoms with E-state index in [0.717, 1.165) is 28.1 Å². The predicted octanol–water partition coefficient (Wildman–Crippen LogP) is 2.07. The van der Waals surface area contributed by atoms with Gasteiger partial charge in [-0.3, -0.25) is 9.59 Å². The van der Waals surface area contributed by atoms with Crippen LogP contribution in [-0.2, 0) is 29.0 Å². The summed E-state index contributed by atoms with van der Waals surface area (Å²) in [6.07, 6.45) is 0.760. The van der Waals surface area contributed by atoms with Crippen molar-refractivity contribution < 1.29 is 14.3 Å². The van der Waals surface area contributed by atoms with Crippen molar-refractivity contribution in [2.75, 3.05) is 19.1 Å². The van der Waals surface area contributed by atoms with Crippen molar-refractivity contribution in [2.45, 2.75) is 19.4 Å². The van der Waals surface area contributed by atoms with Gasteiger partial charge in [-0.05, 0) is 34.9 Å². The van der Waals surface area contributed by atoms with Gasteiger partial charge in [0.1, 0.15) is 5.75 Å². The number of rotatable bonds is 5. The normalized spacial score (nSPS) is 12.9. The van der Waals surface area contributed by atoms with Crippen LogP contribution in [0.15, 0.2) is 42.5 Å². The molecule has 0 atom stereocenters. The summed E-state index contributed by atoms with van der Waals surface area (Å²) in [6.45, 7) is 0.459. The molecule has 1 aliphatic rings. The van der Waals surface area contributed by atoms with Crippen LogP contribution in [0.2, 0.25) is 0 Å². The van der Waals surface area contributed by atoms with Gasteiger partial charge in [0, 0.05) is 19.3 Å². The van der Waals surface area contributed by atoms with Gasteiger partial charge < -0.3 is 15.0 Å². The fraction of sp³-hybridized carbons (Fsp3) is 0.263. The lowest BCUT2D eigenvalue weighted by Crippen LogP contribution is -2.24. The minimum atomic E-state index is -0.0335. The highest BCUT2D eigenvalue weighted by Crippen LogP contribution is 2.28. The standard InChI is InChI=1S/C19H20N2O3/c1-21-17-8-5-14(9-15(17)11-19(21)23)12-20-18(22)10-13-3-6-16(24-2)7-4-13/h3-9H,10-12H2,1-2H3,(H,20,22). The number of fused-ring (bicyclic) bond motifs is 1. The molecule has 124 valence electrons. The Kier molecular flexibility index (Phi) is 4.51. The van der Waals surface area contributed by atoms with E-state index in [2.05, 4.69) is 5.32 Å². The average molecular weight is 324 g/mol. The summed E-state index contributed by atoms with van der Waals surface area (Å²) in [7, 11) is 3.40. The quantitative estimate of drug-likeness (QED) is 0.916. The van der Waals surface area contributed by atoms with Gasteiger partial charge in [0.25, 0.3) is 0 Å². The van der Waals surface area contributed by atoms with Crippen LogP contribution in [0.1, 0.15) is 16.7 Å². The van der Waals surface area contributed by atoms with Crippen molar-refractivity contribution in [3.05, 3.63) is 59.2 Å². The Balaban J connectivity index is 1.56. The summed E-state index contributed by atoms with van der Waals surface area (Å²) >= 11 is 0. The number of carbonyl (C=O) groups excluding carboxylic acids is 2. The Morgan fingerprint density at radius 3 is 2.58 bits per heavy atom. The van der Waals surface area contributed by atoms with E-state index in [0.29, 0.717) is 19.4 Å². The number of hydrogen-bond acceptors (Lipinski definition) is 3. The molecule has 0 radical (unpaired) electrons. The zero-order valence-corrected chi connectivity index (χ0v) is 13.8. The van der Waals surface area contributed by atoms with Gasteiger partial charge in [-0.15, -0.1) is 0 Å². The number of carbonyl (C=O) groups is 2. The van der Waals surface area contributed by atoms with Gasteiger partial charge in [0.05, 0.1) is 20.0 Å². The molecule has 1 N–H and O–H groups in total. The number of amides is 2. The largest absolute Gasteiger partial charge is 0.497 e. The first kappa shape index (κ1) is 16.1. The van der Waals surface area contributed by atoms with E-state index in [1.165, 1.54) is 0 Å². The summed E-state index contributed by atoms with van der Waals surface area (Å²) in [6, 6.07) is 13.3. The first-order valence-corrected chi connectivity index (χ1v) is 7.85. The summed E-state index contributed by atoms with van der Waals surface area (Å²) in [5.41, 5.74) is 3.91. The first-order chi connectivity index (χ1) is 11.6. The predicted molar refractivity (Wildman–Crippen MR) is 92.1 cm³/mol. The van der Waals surface area contributed by atoms with Crippen LogP contribution in [0.4, 0.5) is 5.69 Å². The van der Waals surface area contributed by atoms with Gasteiger partial charge in [0.15, 0.2) is 0 Å². The number of methoxy groups -OCH3 is 1. The molecule has 2 aromatic rings. The Morgan fingerprint density at radius 1 is 1.17 bits per heavy atom. The highest BCUT2D eigenvalue weighted by Gasteiger charge is 2.23. The zero-order valence-electron chi connectivity index (χ0n) is 13.8. The van der Waals surface area contributed by atoms with E-state index < -0.39 is 0 Å². The lowest BCUT2D eigenvalue weighted by molar-refractivity contribution is -0.120. The van der Waals surface area contributed by atoms with E-state index in [1.807, 2.05) is 42.5 Å². The molecule has 0 spiro atoms. The van der Waals surface area contributed by atoms with Crippen LogP contribution in [0, 0.1) is 0 Å². The maximum Gasteiger partial charge on any atom is 0.231 e. The second-order valence-electron chi connectivity index (χ2n) is 5.89. The number of hydrogen-bond donors (Lipinski definition) is 1. The highest BCUT2D eigenvalue weighted by atomic mass is 16.5. The molecule has 0 aromatic heterocycles. The smallest absolute Gasteiger partial charge is 0.231 e. The molecule has 2 aromatic carbocycles. The van der Waals surface area contributed by atoms with Gasteiger partial charge >= 0.3 is 0 Å². The summed E-state index contributed by atoms with van der Waals surface area (Å²) in [5.74, 6) is 0.844. The molecule has 3 rings (SSSR count). The molecule has 0 saturated heterocycles.